The van der Waals surface area contributed by atoms with Gasteiger partial charge in [-0.05, 0) is 6.42 Å². The molecule has 0 radical (unpaired) electrons. The molecule has 0 spiro atoms. The standard InChI is InChI=1S/C33H65NO4/c1-5-6-7-8-9-10-11-12-13-14-15-16-17-18-19-20-21-22-23-24-25-26-27-28-33(37)38-31(29-32(35)36)30-34(2,3)4/h31H,5-30H2,1-4H3/p+1/t31-/m0/s1/i2D3. The molecule has 0 saturated heterocycles. The van der Waals surface area contributed by atoms with Crippen LogP contribution < -0.4 is 0 Å². The number of quaternary nitrogens is 1. The first-order chi connectivity index (χ1) is 19.5. The molecule has 38 heavy (non-hydrogen) atoms. The van der Waals surface area contributed by atoms with Crippen LogP contribution in [0, 0.1) is 0 Å². The Labute approximate surface area is 241 Å². The minimum absolute atomic E-state index is 0.0616. The number of carboxylic acids is 1. The van der Waals surface area contributed by atoms with Crippen molar-refractivity contribution in [2.24, 2.45) is 0 Å². The number of unbranched alkanes of at least 4 members (excludes halogenated alkanes) is 22. The highest BCUT2D eigenvalue weighted by molar-refractivity contribution is 5.71. The predicted molar refractivity (Wildman–Crippen MR) is 162 cm³/mol. The maximum atomic E-state index is 12.2. The van der Waals surface area contributed by atoms with Gasteiger partial charge in [0.1, 0.15) is 6.54 Å². The second-order valence-electron chi connectivity index (χ2n) is 12.1. The van der Waals surface area contributed by atoms with E-state index >= 15 is 0 Å². The molecule has 0 aromatic heterocycles. The van der Waals surface area contributed by atoms with Crippen molar-refractivity contribution in [1.82, 2.24) is 0 Å². The van der Waals surface area contributed by atoms with E-state index in [9.17, 15) is 9.59 Å². The van der Waals surface area contributed by atoms with E-state index in [-0.39, 0.29) is 19.4 Å². The molecular weight excluding hydrogens is 474 g/mol. The lowest BCUT2D eigenvalue weighted by Gasteiger charge is -2.28. The summed E-state index contributed by atoms with van der Waals surface area (Å²) in [5.74, 6) is -1.54. The van der Waals surface area contributed by atoms with Crippen LogP contribution in [0.3, 0.4) is 0 Å². The van der Waals surface area contributed by atoms with E-state index in [0.717, 1.165) is 19.3 Å². The first-order valence-corrected chi connectivity index (χ1v) is 16.2. The molecule has 0 saturated carbocycles. The van der Waals surface area contributed by atoms with Gasteiger partial charge in [0, 0.05) is 6.42 Å². The highest BCUT2D eigenvalue weighted by atomic mass is 16.5. The molecule has 5 heteroatoms. The van der Waals surface area contributed by atoms with Gasteiger partial charge < -0.3 is 14.3 Å². The highest BCUT2D eigenvalue weighted by Gasteiger charge is 2.24. The van der Waals surface area contributed by atoms with Crippen LogP contribution in [0.1, 0.15) is 172 Å². The largest absolute Gasteiger partial charge is 0.481 e. The lowest BCUT2D eigenvalue weighted by Crippen LogP contribution is -2.43. The fraction of sp³-hybridized carbons (Fsp3) is 0.939. The fourth-order valence-electron chi connectivity index (χ4n) is 5.15. The van der Waals surface area contributed by atoms with E-state index in [4.69, 9.17) is 14.0 Å². The number of likely N-dealkylation sites (N-methyl/N-ethyl adjacent to an activating group) is 1. The molecule has 0 aliphatic heterocycles. The van der Waals surface area contributed by atoms with E-state index in [1.54, 1.807) is 0 Å². The number of hydrogen-bond acceptors (Lipinski definition) is 3. The van der Waals surface area contributed by atoms with Gasteiger partial charge in [0.2, 0.25) is 0 Å². The first-order valence-electron chi connectivity index (χ1n) is 17.7. The molecule has 0 heterocycles. The predicted octanol–water partition coefficient (Wildman–Crippen LogP) is 9.46. The van der Waals surface area contributed by atoms with Crippen LogP contribution in [0.2, 0.25) is 0 Å². The molecule has 0 aliphatic rings. The zero-order valence-electron chi connectivity index (χ0n) is 28.6. The summed E-state index contributed by atoms with van der Waals surface area (Å²) in [7, 11) is 2.99. The van der Waals surface area contributed by atoms with Crippen LogP contribution in [0.25, 0.3) is 0 Å². The Balaban J connectivity index is 3.56. The Morgan fingerprint density at radius 3 is 1.32 bits per heavy atom. The highest BCUT2D eigenvalue weighted by Crippen LogP contribution is 2.16. The van der Waals surface area contributed by atoms with Gasteiger partial charge in [-0.25, -0.2) is 0 Å². The quantitative estimate of drug-likeness (QED) is 0.0579. The number of hydrogen-bond donors (Lipinski definition) is 1. The molecule has 0 bridgehead atoms. The maximum absolute atomic E-state index is 12.2. The molecule has 0 fully saturated rings. The monoisotopic (exact) mass is 544 g/mol. The Hall–Kier alpha value is -1.10. The number of carboxylic acid groups (broad SMARTS) is 1. The number of esters is 1. The van der Waals surface area contributed by atoms with E-state index in [1.807, 2.05) is 0 Å². The van der Waals surface area contributed by atoms with Gasteiger partial charge in [0.05, 0.1) is 31.6 Å². The average Bonchev–Trinajstić information content (AvgIpc) is 2.87. The summed E-state index contributed by atoms with van der Waals surface area (Å²) in [6, 6.07) is 0. The Bertz CT molecular complexity index is 640. The van der Waals surface area contributed by atoms with Crippen molar-refractivity contribution in [2.75, 3.05) is 27.6 Å². The SMILES string of the molecule is [2H]C([2H])([2H])[N+](C)(C)C[C@H](CC(=O)O)OC(=O)CCCCCCCCCCCCCCCCCCCCCCCCC. The molecule has 0 aromatic carbocycles. The summed E-state index contributed by atoms with van der Waals surface area (Å²) in [5, 5.41) is 9.12. The van der Waals surface area contributed by atoms with E-state index in [0.29, 0.717) is 0 Å². The summed E-state index contributed by atoms with van der Waals surface area (Å²) in [5.41, 5.74) is 0. The molecule has 0 aliphatic carbocycles. The number of aliphatic carboxylic acids is 1. The molecule has 0 rings (SSSR count). The number of ether oxygens (including phenoxy) is 1. The van der Waals surface area contributed by atoms with Crippen LogP contribution in [0.15, 0.2) is 0 Å². The summed E-state index contributed by atoms with van der Waals surface area (Å²) in [6.45, 7) is -0.0919. The second kappa shape index (κ2) is 26.1. The van der Waals surface area contributed by atoms with E-state index in [2.05, 4.69) is 6.92 Å². The van der Waals surface area contributed by atoms with Crippen molar-refractivity contribution in [2.45, 2.75) is 174 Å². The lowest BCUT2D eigenvalue weighted by molar-refractivity contribution is -0.873. The van der Waals surface area contributed by atoms with Crippen LogP contribution in [0.5, 0.6) is 0 Å². The molecule has 0 amide bonds. The summed E-state index contributed by atoms with van der Waals surface area (Å²) in [4.78, 5) is 23.4. The van der Waals surface area contributed by atoms with Crippen LogP contribution >= 0.6 is 0 Å². The summed E-state index contributed by atoms with van der Waals surface area (Å²) < 4.78 is 27.8. The maximum Gasteiger partial charge on any atom is 0.307 e. The summed E-state index contributed by atoms with van der Waals surface area (Å²) in [6.07, 6.45) is 29.2. The van der Waals surface area contributed by atoms with Gasteiger partial charge in [-0.3, -0.25) is 9.59 Å². The third-order valence-electron chi connectivity index (χ3n) is 7.34. The number of nitrogens with zero attached hydrogens (tertiary/aromatic N) is 1. The van der Waals surface area contributed by atoms with Gasteiger partial charge in [-0.1, -0.05) is 148 Å². The van der Waals surface area contributed by atoms with Crippen LogP contribution in [-0.2, 0) is 14.3 Å². The molecule has 1 N–H and O–H groups in total. The van der Waals surface area contributed by atoms with Crippen LogP contribution in [-0.4, -0.2) is 55.2 Å². The second-order valence-corrected chi connectivity index (χ2v) is 12.1. The zero-order chi connectivity index (χ0) is 30.8. The molecule has 5 nitrogen and oxygen atoms in total. The van der Waals surface area contributed by atoms with Gasteiger partial charge in [-0.15, -0.1) is 0 Å². The number of carbonyl (C=O) groups excluding carboxylic acids is 1. The van der Waals surface area contributed by atoms with Crippen molar-refractivity contribution in [3.05, 3.63) is 0 Å². The fourth-order valence-corrected chi connectivity index (χ4v) is 5.15. The van der Waals surface area contributed by atoms with Crippen molar-refractivity contribution in [1.29, 1.82) is 0 Å². The normalized spacial score (nSPS) is 14.0. The molecular formula is C33H66NO4+. The van der Waals surface area contributed by atoms with Gasteiger partial charge >= 0.3 is 11.9 Å². The smallest absolute Gasteiger partial charge is 0.307 e. The average molecular weight is 544 g/mol. The first kappa shape index (κ1) is 31.4. The van der Waals surface area contributed by atoms with E-state index < -0.39 is 29.5 Å². The molecule has 226 valence electrons. The van der Waals surface area contributed by atoms with Gasteiger partial charge in [-0.2, -0.15) is 0 Å². The topological polar surface area (TPSA) is 63.6 Å². The van der Waals surface area contributed by atoms with Crippen molar-refractivity contribution in [3.8, 4) is 0 Å². The minimum atomic E-state index is -2.31. The third-order valence-corrected chi connectivity index (χ3v) is 7.34. The van der Waals surface area contributed by atoms with Gasteiger partial charge in [0.15, 0.2) is 6.10 Å². The van der Waals surface area contributed by atoms with E-state index in [1.165, 1.54) is 143 Å². The molecule has 0 unspecified atom stereocenters. The van der Waals surface area contributed by atoms with Crippen molar-refractivity contribution < 1.29 is 28.0 Å². The van der Waals surface area contributed by atoms with Crippen LogP contribution in [0.4, 0.5) is 0 Å². The Morgan fingerprint density at radius 2 is 1.00 bits per heavy atom. The molecule has 0 aromatic rings. The zero-order valence-corrected chi connectivity index (χ0v) is 25.6. The number of carbonyl (C=O) groups is 2. The number of rotatable bonds is 29. The van der Waals surface area contributed by atoms with Crippen molar-refractivity contribution in [3.63, 3.8) is 0 Å². The Kier molecular flexibility index (Phi) is 21.6. The third kappa shape index (κ3) is 29.5. The Morgan fingerprint density at radius 1 is 0.658 bits per heavy atom. The molecule has 1 atom stereocenters. The lowest BCUT2D eigenvalue weighted by atomic mass is 10.0. The van der Waals surface area contributed by atoms with Crippen molar-refractivity contribution >= 4 is 11.9 Å². The summed E-state index contributed by atoms with van der Waals surface area (Å²) >= 11 is 0. The minimum Gasteiger partial charge on any atom is -0.481 e. The van der Waals surface area contributed by atoms with Gasteiger partial charge in [0.25, 0.3) is 0 Å².